The van der Waals surface area contributed by atoms with E-state index in [1.165, 1.54) is 0 Å². The molecular formula is C25H20ClN3O2. The molecule has 1 atom stereocenters. The minimum atomic E-state index is -0.233. The lowest BCUT2D eigenvalue weighted by atomic mass is 9.97. The number of amides is 2. The Morgan fingerprint density at radius 3 is 2.55 bits per heavy atom. The Morgan fingerprint density at radius 2 is 1.71 bits per heavy atom. The van der Waals surface area contributed by atoms with Gasteiger partial charge in [0.05, 0.1) is 6.04 Å². The van der Waals surface area contributed by atoms with Gasteiger partial charge in [-0.2, -0.15) is 0 Å². The number of para-hydroxylation sites is 1. The number of H-pyrrole nitrogens is 1. The van der Waals surface area contributed by atoms with E-state index < -0.39 is 0 Å². The van der Waals surface area contributed by atoms with Crippen molar-refractivity contribution in [2.24, 2.45) is 0 Å². The molecule has 0 aliphatic carbocycles. The Labute approximate surface area is 184 Å². The average Bonchev–Trinajstić information content (AvgIpc) is 3.33. The van der Waals surface area contributed by atoms with E-state index in [0.717, 1.165) is 22.0 Å². The molecular weight excluding hydrogens is 410 g/mol. The first-order valence-electron chi connectivity index (χ1n) is 10.1. The summed E-state index contributed by atoms with van der Waals surface area (Å²) in [7, 11) is 0. The van der Waals surface area contributed by atoms with Crippen molar-refractivity contribution in [2.75, 3.05) is 11.9 Å². The van der Waals surface area contributed by atoms with Gasteiger partial charge in [-0.25, -0.2) is 0 Å². The van der Waals surface area contributed by atoms with E-state index in [1.54, 1.807) is 29.2 Å². The fourth-order valence-electron chi connectivity index (χ4n) is 4.24. The maximum Gasteiger partial charge on any atom is 0.255 e. The molecule has 3 aromatic carbocycles. The van der Waals surface area contributed by atoms with Gasteiger partial charge in [-0.1, -0.05) is 48.0 Å². The molecule has 0 radical (unpaired) electrons. The lowest BCUT2D eigenvalue weighted by molar-refractivity contribution is -0.116. The fourth-order valence-corrected chi connectivity index (χ4v) is 4.36. The van der Waals surface area contributed by atoms with Crippen molar-refractivity contribution in [1.29, 1.82) is 0 Å². The molecule has 6 heteroatoms. The molecule has 1 aromatic heterocycles. The number of fused-ring (bicyclic) bond motifs is 2. The summed E-state index contributed by atoms with van der Waals surface area (Å²) < 4.78 is 0. The number of carbonyl (C=O) groups is 2. The minimum absolute atomic E-state index is 0.0508. The summed E-state index contributed by atoms with van der Waals surface area (Å²) in [5.74, 6) is -0.200. The molecule has 0 unspecified atom stereocenters. The Balaban J connectivity index is 1.42. The second kappa shape index (κ2) is 7.93. The number of anilines is 1. The maximum absolute atomic E-state index is 13.2. The Bertz CT molecular complexity index is 1280. The van der Waals surface area contributed by atoms with Crippen LogP contribution in [0.1, 0.15) is 33.9 Å². The molecule has 2 amide bonds. The third-order valence-corrected chi connectivity index (χ3v) is 5.93. The Hall–Kier alpha value is -3.57. The number of aromatic nitrogens is 1. The van der Waals surface area contributed by atoms with E-state index in [-0.39, 0.29) is 24.3 Å². The first kappa shape index (κ1) is 19.4. The Morgan fingerprint density at radius 1 is 0.968 bits per heavy atom. The molecule has 5 nitrogen and oxygen atoms in total. The van der Waals surface area contributed by atoms with Gasteiger partial charge in [-0.15, -0.1) is 0 Å². The van der Waals surface area contributed by atoms with E-state index in [9.17, 15) is 9.59 Å². The normalized spacial score (nSPS) is 15.3. The number of nitrogens with one attached hydrogen (secondary N) is 2. The second-order valence-corrected chi connectivity index (χ2v) is 8.02. The van der Waals surface area contributed by atoms with E-state index in [4.69, 9.17) is 11.6 Å². The monoisotopic (exact) mass is 429 g/mol. The van der Waals surface area contributed by atoms with Gasteiger partial charge >= 0.3 is 0 Å². The molecule has 2 N–H and O–H groups in total. The summed E-state index contributed by atoms with van der Waals surface area (Å²) in [6, 6.07) is 22.5. The van der Waals surface area contributed by atoms with Gasteiger partial charge in [0.1, 0.15) is 0 Å². The van der Waals surface area contributed by atoms with Gasteiger partial charge in [0.2, 0.25) is 5.91 Å². The second-order valence-electron chi connectivity index (χ2n) is 7.58. The highest BCUT2D eigenvalue weighted by molar-refractivity contribution is 6.30. The van der Waals surface area contributed by atoms with Crippen LogP contribution in [0.4, 0.5) is 5.69 Å². The number of rotatable bonds is 5. The van der Waals surface area contributed by atoms with Gasteiger partial charge < -0.3 is 15.2 Å². The minimum Gasteiger partial charge on any atom is -0.361 e. The highest BCUT2D eigenvalue weighted by Crippen LogP contribution is 2.41. The van der Waals surface area contributed by atoms with Crippen LogP contribution in [-0.4, -0.2) is 28.2 Å². The average molecular weight is 430 g/mol. The van der Waals surface area contributed by atoms with Crippen molar-refractivity contribution in [2.45, 2.75) is 12.5 Å². The fraction of sp³-hybridized carbons (Fsp3) is 0.120. The highest BCUT2D eigenvalue weighted by atomic mass is 35.5. The number of nitrogens with zero attached hydrogens (tertiary/aromatic N) is 1. The van der Waals surface area contributed by atoms with Crippen molar-refractivity contribution in [3.8, 4) is 0 Å². The van der Waals surface area contributed by atoms with Gasteiger partial charge in [0.15, 0.2) is 0 Å². The van der Waals surface area contributed by atoms with Crippen molar-refractivity contribution in [3.63, 3.8) is 0 Å². The van der Waals surface area contributed by atoms with E-state index in [0.29, 0.717) is 22.8 Å². The summed E-state index contributed by atoms with van der Waals surface area (Å²) in [5, 5.41) is 4.55. The number of carbonyl (C=O) groups excluding carboxylic acids is 2. The van der Waals surface area contributed by atoms with Crippen LogP contribution in [0.25, 0.3) is 10.9 Å². The standard InChI is InChI=1S/C25H20ClN3O2/c26-16-9-11-17(12-10-16)28-23(30)13-14-29-24(19-6-1-2-7-20(19)25(29)31)21-15-27-22-8-4-3-5-18(21)22/h1-12,15,24,27H,13-14H2,(H,28,30)/t24-/m0/s1. The molecule has 0 saturated carbocycles. The van der Waals surface area contributed by atoms with E-state index >= 15 is 0 Å². The first-order chi connectivity index (χ1) is 15.1. The van der Waals surface area contributed by atoms with Crippen LogP contribution in [0, 0.1) is 0 Å². The van der Waals surface area contributed by atoms with Gasteiger partial charge in [0, 0.05) is 51.9 Å². The molecule has 31 heavy (non-hydrogen) atoms. The van der Waals surface area contributed by atoms with E-state index in [1.807, 2.05) is 48.7 Å². The van der Waals surface area contributed by atoms with E-state index in [2.05, 4.69) is 16.4 Å². The van der Waals surface area contributed by atoms with Crippen molar-refractivity contribution in [1.82, 2.24) is 9.88 Å². The molecule has 0 spiro atoms. The molecule has 0 bridgehead atoms. The molecule has 5 rings (SSSR count). The molecule has 2 heterocycles. The third kappa shape index (κ3) is 3.57. The first-order valence-corrected chi connectivity index (χ1v) is 10.5. The zero-order valence-electron chi connectivity index (χ0n) is 16.6. The van der Waals surface area contributed by atoms with Crippen LogP contribution in [0.5, 0.6) is 0 Å². The number of benzene rings is 3. The van der Waals surface area contributed by atoms with Crippen molar-refractivity contribution in [3.05, 3.63) is 101 Å². The molecule has 4 aromatic rings. The summed E-state index contributed by atoms with van der Waals surface area (Å²) in [4.78, 5) is 30.9. The molecule has 154 valence electrons. The largest absolute Gasteiger partial charge is 0.361 e. The zero-order chi connectivity index (χ0) is 21.4. The van der Waals surface area contributed by atoms with Crippen molar-refractivity contribution < 1.29 is 9.59 Å². The predicted octanol–water partition coefficient (Wildman–Crippen LogP) is 5.40. The van der Waals surface area contributed by atoms with Gasteiger partial charge in [-0.3, -0.25) is 9.59 Å². The summed E-state index contributed by atoms with van der Waals surface area (Å²) in [6.45, 7) is 0.317. The smallest absolute Gasteiger partial charge is 0.255 e. The molecule has 0 fully saturated rings. The summed E-state index contributed by atoms with van der Waals surface area (Å²) >= 11 is 5.90. The van der Waals surface area contributed by atoms with Gasteiger partial charge in [0.25, 0.3) is 5.91 Å². The SMILES string of the molecule is O=C(CCN1C(=O)c2ccccc2[C@H]1c1c[nH]c2ccccc12)Nc1ccc(Cl)cc1. The topological polar surface area (TPSA) is 65.2 Å². The third-order valence-electron chi connectivity index (χ3n) is 5.68. The number of hydrogen-bond acceptors (Lipinski definition) is 2. The Kier molecular flexibility index (Phi) is 4.96. The summed E-state index contributed by atoms with van der Waals surface area (Å²) in [6.07, 6.45) is 2.16. The molecule has 1 aliphatic rings. The lowest BCUT2D eigenvalue weighted by Gasteiger charge is -2.25. The van der Waals surface area contributed by atoms with Crippen LogP contribution in [0.15, 0.2) is 79.0 Å². The van der Waals surface area contributed by atoms with Crippen LogP contribution in [0.3, 0.4) is 0 Å². The lowest BCUT2D eigenvalue weighted by Crippen LogP contribution is -2.32. The molecule has 1 aliphatic heterocycles. The summed E-state index contributed by atoms with van der Waals surface area (Å²) in [5.41, 5.74) is 4.40. The van der Waals surface area contributed by atoms with Crippen LogP contribution in [0.2, 0.25) is 5.02 Å². The van der Waals surface area contributed by atoms with Crippen LogP contribution >= 0.6 is 11.6 Å². The highest BCUT2D eigenvalue weighted by Gasteiger charge is 2.38. The van der Waals surface area contributed by atoms with Crippen LogP contribution < -0.4 is 5.32 Å². The number of aromatic amines is 1. The quantitative estimate of drug-likeness (QED) is 0.446. The van der Waals surface area contributed by atoms with Crippen LogP contribution in [-0.2, 0) is 4.79 Å². The number of halogens is 1. The van der Waals surface area contributed by atoms with Crippen molar-refractivity contribution >= 4 is 40.0 Å². The molecule has 0 saturated heterocycles. The number of hydrogen-bond donors (Lipinski definition) is 2. The van der Waals surface area contributed by atoms with Gasteiger partial charge in [-0.05, 0) is 42.0 Å². The predicted molar refractivity (Wildman–Crippen MR) is 122 cm³/mol. The maximum atomic E-state index is 13.2. The zero-order valence-corrected chi connectivity index (χ0v) is 17.4.